The largest absolute Gasteiger partial charge is 0.451 e. The van der Waals surface area contributed by atoms with Crippen molar-refractivity contribution in [3.63, 3.8) is 0 Å². The van der Waals surface area contributed by atoms with Gasteiger partial charge in [0, 0.05) is 21.1 Å². The van der Waals surface area contributed by atoms with E-state index < -0.39 is 0 Å². The van der Waals surface area contributed by atoms with Crippen molar-refractivity contribution in [1.29, 1.82) is 0 Å². The predicted molar refractivity (Wildman–Crippen MR) is 105 cm³/mol. The molecule has 27 heavy (non-hydrogen) atoms. The number of nitrogens with zero attached hydrogens (tertiary/aromatic N) is 4. The highest BCUT2D eigenvalue weighted by Crippen LogP contribution is 2.29. The van der Waals surface area contributed by atoms with Crippen molar-refractivity contribution in [2.75, 3.05) is 5.32 Å². The highest BCUT2D eigenvalue weighted by molar-refractivity contribution is 9.10. The van der Waals surface area contributed by atoms with Crippen LogP contribution in [-0.4, -0.2) is 26.1 Å². The maximum Gasteiger partial charge on any atom is 0.291 e. The van der Waals surface area contributed by atoms with Gasteiger partial charge in [0.25, 0.3) is 5.91 Å². The maximum atomic E-state index is 12.8. The molecule has 0 saturated carbocycles. The SMILES string of the molecule is Cc1ccc(NC(=O)c2oc3ccc(Br)cc3c2C)cc1-n1nnnc1C. The summed E-state index contributed by atoms with van der Waals surface area (Å²) in [5.74, 6) is 0.659. The zero-order valence-corrected chi connectivity index (χ0v) is 16.5. The van der Waals surface area contributed by atoms with Gasteiger partial charge in [-0.2, -0.15) is 4.68 Å². The molecule has 2 heterocycles. The molecule has 0 aliphatic carbocycles. The van der Waals surface area contributed by atoms with Crippen LogP contribution in [0.2, 0.25) is 0 Å². The van der Waals surface area contributed by atoms with Crippen LogP contribution in [-0.2, 0) is 0 Å². The quantitative estimate of drug-likeness (QED) is 0.527. The molecule has 0 radical (unpaired) electrons. The van der Waals surface area contributed by atoms with Gasteiger partial charge < -0.3 is 9.73 Å². The van der Waals surface area contributed by atoms with Crippen molar-refractivity contribution < 1.29 is 9.21 Å². The van der Waals surface area contributed by atoms with E-state index in [0.29, 0.717) is 22.9 Å². The monoisotopic (exact) mass is 425 g/mol. The molecule has 1 amide bonds. The van der Waals surface area contributed by atoms with Crippen molar-refractivity contribution in [2.24, 2.45) is 0 Å². The first-order valence-corrected chi connectivity index (χ1v) is 9.09. The van der Waals surface area contributed by atoms with Crippen LogP contribution in [0.4, 0.5) is 5.69 Å². The Kier molecular flexibility index (Phi) is 4.27. The highest BCUT2D eigenvalue weighted by atomic mass is 79.9. The van der Waals surface area contributed by atoms with E-state index in [1.165, 1.54) is 0 Å². The molecule has 0 fully saturated rings. The third-order valence-corrected chi connectivity index (χ3v) is 4.92. The minimum absolute atomic E-state index is 0.295. The summed E-state index contributed by atoms with van der Waals surface area (Å²) in [5.41, 5.74) is 3.91. The lowest BCUT2D eigenvalue weighted by atomic mass is 10.1. The maximum absolute atomic E-state index is 12.8. The zero-order valence-electron chi connectivity index (χ0n) is 14.9. The fourth-order valence-corrected chi connectivity index (χ4v) is 3.33. The van der Waals surface area contributed by atoms with Crippen LogP contribution in [0, 0.1) is 20.8 Å². The van der Waals surface area contributed by atoms with Gasteiger partial charge >= 0.3 is 0 Å². The third kappa shape index (κ3) is 3.12. The number of fused-ring (bicyclic) bond motifs is 1. The molecule has 2 aromatic heterocycles. The minimum Gasteiger partial charge on any atom is -0.451 e. The number of nitrogens with one attached hydrogen (secondary N) is 1. The lowest BCUT2D eigenvalue weighted by Gasteiger charge is -2.10. The molecule has 0 atom stereocenters. The lowest BCUT2D eigenvalue weighted by Crippen LogP contribution is -2.13. The number of aromatic nitrogens is 4. The highest BCUT2D eigenvalue weighted by Gasteiger charge is 2.18. The number of benzene rings is 2. The summed E-state index contributed by atoms with van der Waals surface area (Å²) in [4.78, 5) is 12.8. The number of carbonyl (C=O) groups is 1. The van der Waals surface area contributed by atoms with Crippen LogP contribution in [0.3, 0.4) is 0 Å². The Labute approximate surface area is 163 Å². The Morgan fingerprint density at radius 2 is 1.96 bits per heavy atom. The van der Waals surface area contributed by atoms with Crippen molar-refractivity contribution in [3.8, 4) is 5.69 Å². The van der Waals surface area contributed by atoms with Crippen LogP contribution in [0.15, 0.2) is 45.3 Å². The summed E-state index contributed by atoms with van der Waals surface area (Å²) >= 11 is 3.45. The molecule has 136 valence electrons. The average molecular weight is 426 g/mol. The molecule has 4 aromatic rings. The Bertz CT molecular complexity index is 1180. The van der Waals surface area contributed by atoms with E-state index in [1.807, 2.05) is 57.2 Å². The van der Waals surface area contributed by atoms with Gasteiger partial charge in [0.2, 0.25) is 0 Å². The topological polar surface area (TPSA) is 85.8 Å². The Morgan fingerprint density at radius 1 is 1.15 bits per heavy atom. The molecule has 0 aliphatic heterocycles. The number of rotatable bonds is 3. The van der Waals surface area contributed by atoms with E-state index >= 15 is 0 Å². The summed E-state index contributed by atoms with van der Waals surface area (Å²) in [7, 11) is 0. The molecule has 0 spiro atoms. The molecular weight excluding hydrogens is 410 g/mol. The van der Waals surface area contributed by atoms with Crippen molar-refractivity contribution >= 4 is 38.5 Å². The molecule has 0 bridgehead atoms. The number of halogens is 1. The molecule has 2 aromatic carbocycles. The van der Waals surface area contributed by atoms with Gasteiger partial charge in [-0.15, -0.1) is 5.10 Å². The number of anilines is 1. The molecule has 0 aliphatic rings. The minimum atomic E-state index is -0.303. The number of tetrazole rings is 1. The van der Waals surface area contributed by atoms with E-state index in [-0.39, 0.29) is 5.91 Å². The fourth-order valence-electron chi connectivity index (χ4n) is 2.97. The van der Waals surface area contributed by atoms with E-state index in [9.17, 15) is 4.79 Å². The van der Waals surface area contributed by atoms with Crippen LogP contribution in [0.1, 0.15) is 27.5 Å². The first kappa shape index (κ1) is 17.4. The second-order valence-electron chi connectivity index (χ2n) is 6.29. The van der Waals surface area contributed by atoms with Gasteiger partial charge in [-0.3, -0.25) is 4.79 Å². The zero-order chi connectivity index (χ0) is 19.1. The standard InChI is InChI=1S/C19H16BrN5O2/c1-10-4-6-14(9-16(10)25-12(3)22-23-24-25)21-19(26)18-11(2)15-8-13(20)5-7-17(15)27-18/h4-9H,1-3H3,(H,21,26). The number of furan rings is 1. The number of aryl methyl sites for hydroxylation is 3. The molecule has 1 N–H and O–H groups in total. The average Bonchev–Trinajstić information content (AvgIpc) is 3.20. The number of hydrogen-bond donors (Lipinski definition) is 1. The molecule has 8 heteroatoms. The Hall–Kier alpha value is -3.00. The van der Waals surface area contributed by atoms with E-state index in [2.05, 4.69) is 36.8 Å². The summed E-state index contributed by atoms with van der Waals surface area (Å²) < 4.78 is 8.33. The van der Waals surface area contributed by atoms with Crippen LogP contribution >= 0.6 is 15.9 Å². The summed E-state index contributed by atoms with van der Waals surface area (Å²) in [6.07, 6.45) is 0. The first-order valence-electron chi connectivity index (χ1n) is 8.30. The first-order chi connectivity index (χ1) is 12.9. The summed E-state index contributed by atoms with van der Waals surface area (Å²) in [6.45, 7) is 5.65. The fraction of sp³-hybridized carbons (Fsp3) is 0.158. The smallest absolute Gasteiger partial charge is 0.291 e. The van der Waals surface area contributed by atoms with Crippen LogP contribution < -0.4 is 5.32 Å². The van der Waals surface area contributed by atoms with E-state index in [1.54, 1.807) is 4.68 Å². The van der Waals surface area contributed by atoms with Crippen LogP contribution in [0.25, 0.3) is 16.7 Å². The van der Waals surface area contributed by atoms with Gasteiger partial charge in [-0.1, -0.05) is 22.0 Å². The molecular formula is C19H16BrN5O2. The number of hydrogen-bond acceptors (Lipinski definition) is 5. The molecule has 4 rings (SSSR count). The molecule has 7 nitrogen and oxygen atoms in total. The van der Waals surface area contributed by atoms with E-state index in [0.717, 1.165) is 26.7 Å². The summed E-state index contributed by atoms with van der Waals surface area (Å²) in [6, 6.07) is 11.3. The molecule has 0 saturated heterocycles. The predicted octanol–water partition coefficient (Wildman–Crippen LogP) is 4.35. The molecule has 0 unspecified atom stereocenters. The second-order valence-corrected chi connectivity index (χ2v) is 7.21. The van der Waals surface area contributed by atoms with Gasteiger partial charge in [-0.05, 0) is 67.1 Å². The van der Waals surface area contributed by atoms with Gasteiger partial charge in [0.15, 0.2) is 11.6 Å². The number of carbonyl (C=O) groups excluding carboxylic acids is 1. The lowest BCUT2D eigenvalue weighted by molar-refractivity contribution is 0.0998. The van der Waals surface area contributed by atoms with E-state index in [4.69, 9.17) is 4.42 Å². The number of amides is 1. The Morgan fingerprint density at radius 3 is 2.70 bits per heavy atom. The van der Waals surface area contributed by atoms with Crippen molar-refractivity contribution in [3.05, 3.63) is 63.6 Å². The summed E-state index contributed by atoms with van der Waals surface area (Å²) in [5, 5.41) is 15.4. The van der Waals surface area contributed by atoms with Gasteiger partial charge in [0.05, 0.1) is 5.69 Å². The van der Waals surface area contributed by atoms with Gasteiger partial charge in [0.1, 0.15) is 5.58 Å². The van der Waals surface area contributed by atoms with Crippen LogP contribution in [0.5, 0.6) is 0 Å². The third-order valence-electron chi connectivity index (χ3n) is 4.43. The Balaban J connectivity index is 1.68. The van der Waals surface area contributed by atoms with Gasteiger partial charge in [-0.25, -0.2) is 0 Å². The van der Waals surface area contributed by atoms with Crippen molar-refractivity contribution in [2.45, 2.75) is 20.8 Å². The normalized spacial score (nSPS) is 11.1. The second kappa shape index (κ2) is 6.62. The van der Waals surface area contributed by atoms with Crippen molar-refractivity contribution in [1.82, 2.24) is 20.2 Å².